The largest absolute Gasteiger partial charge is 0.456 e. The van der Waals surface area contributed by atoms with Crippen molar-refractivity contribution in [2.75, 3.05) is 0 Å². The quantitative estimate of drug-likeness (QED) is 0.180. The molecule has 0 aliphatic heterocycles. The van der Waals surface area contributed by atoms with Gasteiger partial charge in [0, 0.05) is 43.6 Å². The molecule has 5 heteroatoms. The van der Waals surface area contributed by atoms with Gasteiger partial charge in [-0.05, 0) is 58.0 Å². The average molecular weight is 692 g/mol. The Morgan fingerprint density at radius 3 is 1.65 bits per heavy atom. The van der Waals surface area contributed by atoms with Gasteiger partial charge in [-0.3, -0.25) is 0 Å². The Hall–Kier alpha value is -7.37. The molecule has 0 aliphatic carbocycles. The van der Waals surface area contributed by atoms with Crippen LogP contribution in [0.25, 0.3) is 111 Å². The zero-order valence-electron chi connectivity index (χ0n) is 28.9. The lowest BCUT2D eigenvalue weighted by Gasteiger charge is -2.12. The van der Waals surface area contributed by atoms with Crippen LogP contribution in [0.4, 0.5) is 0 Å². The van der Waals surface area contributed by atoms with Crippen molar-refractivity contribution in [3.05, 3.63) is 176 Å². The number of para-hydroxylation sites is 1. The molecule has 8 aromatic carbocycles. The van der Waals surface area contributed by atoms with Crippen molar-refractivity contribution in [1.82, 2.24) is 15.0 Å². The van der Waals surface area contributed by atoms with Crippen LogP contribution in [-0.4, -0.2) is 15.0 Å². The van der Waals surface area contributed by atoms with Gasteiger partial charge in [0.05, 0.1) is 0 Å². The monoisotopic (exact) mass is 691 g/mol. The number of furan rings is 2. The highest BCUT2D eigenvalue weighted by atomic mass is 16.3. The van der Waals surface area contributed by atoms with Crippen molar-refractivity contribution in [3.63, 3.8) is 0 Å². The Balaban J connectivity index is 1.16. The minimum atomic E-state index is 0.577. The van der Waals surface area contributed by atoms with E-state index in [-0.39, 0.29) is 0 Å². The summed E-state index contributed by atoms with van der Waals surface area (Å²) in [5, 5.41) is 6.05. The number of hydrogen-bond acceptors (Lipinski definition) is 5. The maximum atomic E-state index is 6.67. The number of rotatable bonds is 5. The summed E-state index contributed by atoms with van der Waals surface area (Å²) < 4.78 is 13.0. The van der Waals surface area contributed by atoms with E-state index >= 15 is 0 Å². The van der Waals surface area contributed by atoms with Gasteiger partial charge >= 0.3 is 0 Å². The fourth-order valence-electron chi connectivity index (χ4n) is 7.74. The summed E-state index contributed by atoms with van der Waals surface area (Å²) in [6, 6.07) is 60.4. The number of nitrogens with zero attached hydrogens (tertiary/aromatic N) is 3. The summed E-state index contributed by atoms with van der Waals surface area (Å²) in [6.45, 7) is 0. The summed E-state index contributed by atoms with van der Waals surface area (Å²) in [5.74, 6) is 1.75. The van der Waals surface area contributed by atoms with Gasteiger partial charge in [0.25, 0.3) is 0 Å². The first-order chi connectivity index (χ1) is 26.7. The molecule has 0 saturated heterocycles. The topological polar surface area (TPSA) is 65.0 Å². The highest BCUT2D eigenvalue weighted by Gasteiger charge is 2.21. The minimum absolute atomic E-state index is 0.577. The van der Waals surface area contributed by atoms with Crippen LogP contribution in [0.2, 0.25) is 0 Å². The second-order valence-electron chi connectivity index (χ2n) is 13.6. The molecule has 0 N–H and O–H groups in total. The highest BCUT2D eigenvalue weighted by Crippen LogP contribution is 2.42. The summed E-state index contributed by atoms with van der Waals surface area (Å²) in [5.41, 5.74) is 10.5. The zero-order chi connectivity index (χ0) is 35.6. The molecular weight excluding hydrogens is 663 g/mol. The summed E-state index contributed by atoms with van der Waals surface area (Å²) in [4.78, 5) is 15.7. The van der Waals surface area contributed by atoms with Gasteiger partial charge in [-0.1, -0.05) is 146 Å². The molecule has 0 aliphatic rings. The van der Waals surface area contributed by atoms with E-state index in [1.807, 2.05) is 42.5 Å². The molecule has 11 rings (SSSR count). The highest BCUT2D eigenvalue weighted by molar-refractivity contribution is 6.19. The molecule has 0 unspecified atom stereocenters. The van der Waals surface area contributed by atoms with Crippen LogP contribution < -0.4 is 0 Å². The Morgan fingerprint density at radius 1 is 0.296 bits per heavy atom. The van der Waals surface area contributed by atoms with E-state index in [1.165, 1.54) is 0 Å². The van der Waals surface area contributed by atoms with Gasteiger partial charge in [-0.15, -0.1) is 0 Å². The molecule has 0 amide bonds. The molecule has 5 nitrogen and oxygen atoms in total. The Morgan fingerprint density at radius 2 is 0.870 bits per heavy atom. The molecule has 0 saturated carbocycles. The van der Waals surface area contributed by atoms with Crippen LogP contribution in [0.3, 0.4) is 0 Å². The zero-order valence-corrected chi connectivity index (χ0v) is 28.9. The second-order valence-corrected chi connectivity index (χ2v) is 13.6. The molecule has 11 aromatic rings. The SMILES string of the molecule is c1ccc(-c2ccc(-c3nc(-c4cc5c6ccc(-c7ccccc7)cc6oc5c5ccccc45)nc(-c4cccc5oc6ccccc6c45)n3)cc2)cc1. The lowest BCUT2D eigenvalue weighted by atomic mass is 9.98. The van der Waals surface area contributed by atoms with Gasteiger partial charge in [0.1, 0.15) is 22.3 Å². The molecule has 3 aromatic heterocycles. The normalized spacial score (nSPS) is 11.7. The molecule has 252 valence electrons. The van der Waals surface area contributed by atoms with Crippen molar-refractivity contribution in [3.8, 4) is 56.4 Å². The van der Waals surface area contributed by atoms with Crippen molar-refractivity contribution < 1.29 is 8.83 Å². The van der Waals surface area contributed by atoms with Crippen molar-refractivity contribution >= 4 is 54.6 Å². The van der Waals surface area contributed by atoms with Crippen LogP contribution >= 0.6 is 0 Å². The molecule has 0 radical (unpaired) electrons. The molecule has 0 fully saturated rings. The third-order valence-electron chi connectivity index (χ3n) is 10.4. The molecule has 0 bridgehead atoms. The molecule has 3 heterocycles. The molecular formula is C49H29N3O2. The van der Waals surface area contributed by atoms with E-state index < -0.39 is 0 Å². The fourth-order valence-corrected chi connectivity index (χ4v) is 7.74. The van der Waals surface area contributed by atoms with Crippen LogP contribution in [0, 0.1) is 0 Å². The number of aromatic nitrogens is 3. The number of hydrogen-bond donors (Lipinski definition) is 0. The smallest absolute Gasteiger partial charge is 0.164 e. The maximum Gasteiger partial charge on any atom is 0.164 e. The summed E-state index contributed by atoms with van der Waals surface area (Å²) >= 11 is 0. The minimum Gasteiger partial charge on any atom is -0.456 e. The van der Waals surface area contributed by atoms with Crippen molar-refractivity contribution in [2.45, 2.75) is 0 Å². The summed E-state index contributed by atoms with van der Waals surface area (Å²) in [7, 11) is 0. The molecule has 0 atom stereocenters. The van der Waals surface area contributed by atoms with Crippen molar-refractivity contribution in [1.29, 1.82) is 0 Å². The first-order valence-corrected chi connectivity index (χ1v) is 18.0. The lowest BCUT2D eigenvalue weighted by molar-refractivity contribution is 0.669. The van der Waals surface area contributed by atoms with E-state index in [4.69, 9.17) is 23.8 Å². The van der Waals surface area contributed by atoms with Crippen LogP contribution in [0.1, 0.15) is 0 Å². The van der Waals surface area contributed by atoms with Gasteiger partial charge in [-0.25, -0.2) is 15.0 Å². The number of fused-ring (bicyclic) bond motifs is 8. The van der Waals surface area contributed by atoms with Crippen LogP contribution in [-0.2, 0) is 0 Å². The van der Waals surface area contributed by atoms with E-state index in [2.05, 4.69) is 133 Å². The third kappa shape index (κ3) is 4.90. The average Bonchev–Trinajstić information content (AvgIpc) is 3.82. The lowest BCUT2D eigenvalue weighted by Crippen LogP contribution is -2.01. The molecule has 54 heavy (non-hydrogen) atoms. The standard InChI is InChI=1S/C49H29N3O2/c1-3-12-30(13-4-1)32-22-24-33(25-23-32)47-50-48(39-19-11-21-43-45(39)38-18-9-10-20-42(38)53-43)52-49(51-47)41-29-40-36-27-26-34(31-14-5-2-6-15-31)28-44(36)54-46(40)37-17-8-7-16-35(37)41/h1-29H. The number of benzene rings is 8. The second kappa shape index (κ2) is 12.1. The third-order valence-corrected chi connectivity index (χ3v) is 10.4. The van der Waals surface area contributed by atoms with Crippen LogP contribution in [0.15, 0.2) is 185 Å². The predicted molar refractivity (Wildman–Crippen MR) is 219 cm³/mol. The van der Waals surface area contributed by atoms with Gasteiger partial charge in [-0.2, -0.15) is 0 Å². The Kier molecular flexibility index (Phi) is 6.79. The van der Waals surface area contributed by atoms with Crippen LogP contribution in [0.5, 0.6) is 0 Å². The van der Waals surface area contributed by atoms with Crippen molar-refractivity contribution in [2.24, 2.45) is 0 Å². The maximum absolute atomic E-state index is 6.67. The van der Waals surface area contributed by atoms with Gasteiger partial charge in [0.15, 0.2) is 17.5 Å². The predicted octanol–water partition coefficient (Wildman–Crippen LogP) is 13.2. The fraction of sp³-hybridized carbons (Fsp3) is 0. The van der Waals surface area contributed by atoms with Gasteiger partial charge in [0.2, 0.25) is 0 Å². The van der Waals surface area contributed by atoms with E-state index in [1.54, 1.807) is 0 Å². The first-order valence-electron chi connectivity index (χ1n) is 18.0. The van der Waals surface area contributed by atoms with E-state index in [9.17, 15) is 0 Å². The first kappa shape index (κ1) is 30.3. The summed E-state index contributed by atoms with van der Waals surface area (Å²) in [6.07, 6.45) is 0. The molecule has 0 spiro atoms. The van der Waals surface area contributed by atoms with E-state index in [0.717, 1.165) is 93.6 Å². The van der Waals surface area contributed by atoms with E-state index in [0.29, 0.717) is 17.5 Å². The Labute approximate surface area is 309 Å². The van der Waals surface area contributed by atoms with Gasteiger partial charge < -0.3 is 8.83 Å². The Bertz CT molecular complexity index is 3200.